The number of carbonyl (C=O) groups is 1. The van der Waals surface area contributed by atoms with Gasteiger partial charge in [-0.15, -0.1) is 0 Å². The zero-order valence-corrected chi connectivity index (χ0v) is 9.35. The molecule has 3 rings (SSSR count). The van der Waals surface area contributed by atoms with Crippen LogP contribution in [0.15, 0.2) is 42.6 Å². The molecule has 4 heteroatoms. The second-order valence-electron chi connectivity index (χ2n) is 3.96. The van der Waals surface area contributed by atoms with E-state index in [1.807, 2.05) is 12.1 Å². The predicted octanol–water partition coefficient (Wildman–Crippen LogP) is 2.71. The van der Waals surface area contributed by atoms with Crippen molar-refractivity contribution >= 4 is 23.2 Å². The molecule has 3 nitrogen and oxygen atoms in total. The van der Waals surface area contributed by atoms with E-state index in [2.05, 4.69) is 10.3 Å². The van der Waals surface area contributed by atoms with Gasteiger partial charge in [-0.2, -0.15) is 0 Å². The smallest absolute Gasteiger partial charge is 0.256 e. The number of amides is 1. The highest BCUT2D eigenvalue weighted by molar-refractivity contribution is 6.34. The Labute approximate surface area is 103 Å². The Morgan fingerprint density at radius 3 is 2.89 bits per heavy atom. The summed E-state index contributed by atoms with van der Waals surface area (Å²) in [5.41, 5.74) is 2.40. The molecule has 0 unspecified atom stereocenters. The number of hydrogen-bond donors (Lipinski definition) is 1. The third-order valence-corrected chi connectivity index (χ3v) is 2.74. The van der Waals surface area contributed by atoms with Crippen molar-refractivity contribution in [3.8, 4) is 0 Å². The lowest BCUT2D eigenvalue weighted by Gasteiger charge is -1.98. The number of carbonyl (C=O) groups excluding carboxylic acids is 1. The molecule has 0 aliphatic carbocycles. The van der Waals surface area contributed by atoms with Gasteiger partial charge in [0.15, 0.2) is 0 Å². The van der Waals surface area contributed by atoms with Crippen LogP contribution >= 0.6 is 0 Å². The Hall–Kier alpha value is -2.49. The van der Waals surface area contributed by atoms with E-state index in [-0.39, 0.29) is 11.7 Å². The standard InChI is InChI=1S/C14H9FN2O/c15-9-4-5-11-12(14(18)17-13(11)7-9)8-10-3-1-2-6-16-10/h1-8H,(H,17,18). The van der Waals surface area contributed by atoms with Gasteiger partial charge in [0, 0.05) is 11.8 Å². The monoisotopic (exact) mass is 240 g/mol. The summed E-state index contributed by atoms with van der Waals surface area (Å²) in [5, 5.41) is 2.63. The van der Waals surface area contributed by atoms with Crippen molar-refractivity contribution < 1.29 is 9.18 Å². The first kappa shape index (κ1) is 10.7. The van der Waals surface area contributed by atoms with E-state index in [1.165, 1.54) is 12.1 Å². The molecule has 88 valence electrons. The molecule has 0 spiro atoms. The number of benzene rings is 1. The van der Waals surface area contributed by atoms with Crippen LogP contribution in [0, 0.1) is 5.82 Å². The second kappa shape index (κ2) is 4.07. The van der Waals surface area contributed by atoms with E-state index in [1.54, 1.807) is 24.4 Å². The third-order valence-electron chi connectivity index (χ3n) is 2.74. The molecule has 1 aliphatic rings. The van der Waals surface area contributed by atoms with Gasteiger partial charge in [-0.05, 0) is 36.4 Å². The average Bonchev–Trinajstić information content (AvgIpc) is 2.66. The maximum Gasteiger partial charge on any atom is 0.256 e. The van der Waals surface area contributed by atoms with Crippen molar-refractivity contribution in [2.45, 2.75) is 0 Å². The van der Waals surface area contributed by atoms with Gasteiger partial charge in [0.1, 0.15) is 5.82 Å². The van der Waals surface area contributed by atoms with Crippen molar-refractivity contribution in [1.82, 2.24) is 4.98 Å². The molecule has 1 amide bonds. The molecule has 1 aromatic carbocycles. The summed E-state index contributed by atoms with van der Waals surface area (Å²) in [4.78, 5) is 16.0. The van der Waals surface area contributed by atoms with Crippen LogP contribution in [0.2, 0.25) is 0 Å². The van der Waals surface area contributed by atoms with E-state index in [4.69, 9.17) is 0 Å². The number of nitrogens with one attached hydrogen (secondary N) is 1. The van der Waals surface area contributed by atoms with Crippen molar-refractivity contribution in [2.75, 3.05) is 5.32 Å². The van der Waals surface area contributed by atoms with Gasteiger partial charge < -0.3 is 5.32 Å². The molecule has 0 radical (unpaired) electrons. The van der Waals surface area contributed by atoms with Crippen LogP contribution in [0.4, 0.5) is 10.1 Å². The lowest BCUT2D eigenvalue weighted by Crippen LogP contribution is -2.03. The fourth-order valence-electron chi connectivity index (χ4n) is 1.92. The SMILES string of the molecule is O=C1Nc2cc(F)ccc2C1=Cc1ccccn1. The number of halogens is 1. The lowest BCUT2D eigenvalue weighted by molar-refractivity contribution is -0.110. The molecular formula is C14H9FN2O. The van der Waals surface area contributed by atoms with Crippen molar-refractivity contribution in [3.05, 3.63) is 59.7 Å². The van der Waals surface area contributed by atoms with Crippen LogP contribution in [0.1, 0.15) is 11.3 Å². The predicted molar refractivity (Wildman–Crippen MR) is 67.1 cm³/mol. The quantitative estimate of drug-likeness (QED) is 0.779. The maximum absolute atomic E-state index is 13.1. The van der Waals surface area contributed by atoms with Gasteiger partial charge in [0.05, 0.1) is 17.0 Å². The zero-order valence-electron chi connectivity index (χ0n) is 9.35. The minimum Gasteiger partial charge on any atom is -0.321 e. The van der Waals surface area contributed by atoms with Gasteiger partial charge in [-0.1, -0.05) is 6.07 Å². The zero-order chi connectivity index (χ0) is 12.5. The normalized spacial score (nSPS) is 15.6. The van der Waals surface area contributed by atoms with Crippen LogP contribution in [-0.4, -0.2) is 10.9 Å². The molecule has 0 atom stereocenters. The van der Waals surface area contributed by atoms with Gasteiger partial charge in [0.25, 0.3) is 5.91 Å². The number of hydrogen-bond acceptors (Lipinski definition) is 2. The Morgan fingerprint density at radius 2 is 2.11 bits per heavy atom. The number of pyridine rings is 1. The van der Waals surface area contributed by atoms with E-state index in [0.717, 1.165) is 0 Å². The molecule has 0 saturated carbocycles. The van der Waals surface area contributed by atoms with Crippen LogP contribution in [-0.2, 0) is 4.79 Å². The van der Waals surface area contributed by atoms with Crippen LogP contribution in [0.3, 0.4) is 0 Å². The summed E-state index contributed by atoms with van der Waals surface area (Å²) in [6.07, 6.45) is 3.35. The topological polar surface area (TPSA) is 42.0 Å². The molecule has 18 heavy (non-hydrogen) atoms. The average molecular weight is 240 g/mol. The van der Waals surface area contributed by atoms with Crippen molar-refractivity contribution in [2.24, 2.45) is 0 Å². The van der Waals surface area contributed by atoms with Gasteiger partial charge in [-0.3, -0.25) is 9.78 Å². The Kier molecular flexibility index (Phi) is 2.41. The summed E-state index contributed by atoms with van der Waals surface area (Å²) in [7, 11) is 0. The first-order valence-corrected chi connectivity index (χ1v) is 5.48. The molecular weight excluding hydrogens is 231 g/mol. The van der Waals surface area contributed by atoms with Crippen molar-refractivity contribution in [1.29, 1.82) is 0 Å². The number of anilines is 1. The Balaban J connectivity index is 2.10. The Bertz CT molecular complexity index is 650. The van der Waals surface area contributed by atoms with Gasteiger partial charge in [-0.25, -0.2) is 4.39 Å². The molecule has 2 aromatic rings. The maximum atomic E-state index is 13.1. The third kappa shape index (κ3) is 1.78. The number of fused-ring (bicyclic) bond motifs is 1. The summed E-state index contributed by atoms with van der Waals surface area (Å²) < 4.78 is 13.1. The van der Waals surface area contributed by atoms with Crippen LogP contribution in [0.25, 0.3) is 11.6 Å². The number of nitrogens with zero attached hydrogens (tertiary/aromatic N) is 1. The second-order valence-corrected chi connectivity index (χ2v) is 3.96. The minimum atomic E-state index is -0.367. The van der Waals surface area contributed by atoms with Gasteiger partial charge in [0.2, 0.25) is 0 Å². The number of aromatic nitrogens is 1. The van der Waals surface area contributed by atoms with Crippen LogP contribution in [0.5, 0.6) is 0 Å². The first-order valence-electron chi connectivity index (χ1n) is 5.48. The highest BCUT2D eigenvalue weighted by Gasteiger charge is 2.24. The lowest BCUT2D eigenvalue weighted by atomic mass is 10.1. The van der Waals surface area contributed by atoms with E-state index >= 15 is 0 Å². The van der Waals surface area contributed by atoms with Crippen LogP contribution < -0.4 is 5.32 Å². The molecule has 1 aliphatic heterocycles. The van der Waals surface area contributed by atoms with E-state index in [0.29, 0.717) is 22.5 Å². The number of rotatable bonds is 1. The largest absolute Gasteiger partial charge is 0.321 e. The summed E-state index contributed by atoms with van der Waals surface area (Å²) in [6, 6.07) is 9.70. The van der Waals surface area contributed by atoms with Crippen molar-refractivity contribution in [3.63, 3.8) is 0 Å². The first-order chi connectivity index (χ1) is 8.74. The molecule has 0 fully saturated rings. The van der Waals surface area contributed by atoms with Gasteiger partial charge >= 0.3 is 0 Å². The molecule has 1 N–H and O–H groups in total. The molecule has 1 aromatic heterocycles. The summed E-state index contributed by atoms with van der Waals surface area (Å²) >= 11 is 0. The molecule has 0 bridgehead atoms. The minimum absolute atomic E-state index is 0.235. The fraction of sp³-hybridized carbons (Fsp3) is 0. The summed E-state index contributed by atoms with van der Waals surface area (Å²) in [5.74, 6) is -0.602. The Morgan fingerprint density at radius 1 is 1.22 bits per heavy atom. The van der Waals surface area contributed by atoms with E-state index in [9.17, 15) is 9.18 Å². The summed E-state index contributed by atoms with van der Waals surface area (Å²) in [6.45, 7) is 0. The van der Waals surface area contributed by atoms with E-state index < -0.39 is 0 Å². The highest BCUT2D eigenvalue weighted by atomic mass is 19.1. The molecule has 2 heterocycles. The fourth-order valence-corrected chi connectivity index (χ4v) is 1.92. The highest BCUT2D eigenvalue weighted by Crippen LogP contribution is 2.33. The molecule has 0 saturated heterocycles.